The molecule has 0 unspecified atom stereocenters. The predicted molar refractivity (Wildman–Crippen MR) is 95.1 cm³/mol. The van der Waals surface area contributed by atoms with E-state index >= 15 is 0 Å². The van der Waals surface area contributed by atoms with Gasteiger partial charge in [0, 0.05) is 31.4 Å². The molecule has 0 saturated carbocycles. The van der Waals surface area contributed by atoms with Gasteiger partial charge in [-0.2, -0.15) is 0 Å². The number of piperidine rings is 1. The zero-order chi connectivity index (χ0) is 18.2. The van der Waals surface area contributed by atoms with Crippen LogP contribution in [0.2, 0.25) is 5.02 Å². The molecule has 2 heterocycles. The number of nitrogens with one attached hydrogen (secondary N) is 1. The number of carbonyl (C=O) groups excluding carboxylic acids is 2. The van der Waals surface area contributed by atoms with E-state index in [0.29, 0.717) is 25.2 Å². The second-order valence-electron chi connectivity index (χ2n) is 7.21. The Bertz CT molecular complexity index is 697. The van der Waals surface area contributed by atoms with Gasteiger partial charge in [0.1, 0.15) is 5.82 Å². The van der Waals surface area contributed by atoms with Gasteiger partial charge in [-0.3, -0.25) is 4.79 Å². The minimum Gasteiger partial charge on any atom is -0.340 e. The van der Waals surface area contributed by atoms with Gasteiger partial charge >= 0.3 is 6.03 Å². The molecule has 0 radical (unpaired) electrons. The van der Waals surface area contributed by atoms with E-state index in [0.717, 1.165) is 19.4 Å². The van der Waals surface area contributed by atoms with Gasteiger partial charge in [-0.15, -0.1) is 0 Å². The largest absolute Gasteiger partial charge is 0.340 e. The Kier molecular flexibility index (Phi) is 4.91. The molecule has 1 spiro atoms. The lowest BCUT2D eigenvalue weighted by Crippen LogP contribution is -2.52. The second kappa shape index (κ2) is 6.83. The summed E-state index contributed by atoms with van der Waals surface area (Å²) in [7, 11) is 0. The van der Waals surface area contributed by atoms with Crippen LogP contribution in [0, 0.1) is 11.2 Å². The summed E-state index contributed by atoms with van der Waals surface area (Å²) >= 11 is 5.75. The highest BCUT2D eigenvalue weighted by Gasteiger charge is 2.49. The maximum atomic E-state index is 13.2. The van der Waals surface area contributed by atoms with E-state index < -0.39 is 11.2 Å². The number of anilines is 1. The number of rotatable bonds is 2. The van der Waals surface area contributed by atoms with Crippen LogP contribution in [-0.2, 0) is 4.79 Å². The fraction of sp³-hybridized carbons (Fsp3) is 0.556. The van der Waals surface area contributed by atoms with Crippen LogP contribution in [-0.4, -0.2) is 47.4 Å². The lowest BCUT2D eigenvalue weighted by molar-refractivity contribution is -0.147. The van der Waals surface area contributed by atoms with Crippen LogP contribution in [0.5, 0.6) is 0 Å². The first-order valence-electron chi connectivity index (χ1n) is 8.64. The molecular formula is C18H23ClFN3O2. The lowest BCUT2D eigenvalue weighted by Gasteiger charge is -2.41. The summed E-state index contributed by atoms with van der Waals surface area (Å²) in [6.45, 7) is 5.80. The lowest BCUT2D eigenvalue weighted by atomic mass is 9.78. The summed E-state index contributed by atoms with van der Waals surface area (Å²) in [6, 6.07) is 3.96. The Balaban J connectivity index is 1.68. The number of amides is 3. The summed E-state index contributed by atoms with van der Waals surface area (Å²) in [5.41, 5.74) is -0.0172. The molecule has 0 aromatic heterocycles. The average molecular weight is 368 g/mol. The standard InChI is InChI=1S/C18H23ClFN3O2/c1-12(2)23-8-3-6-18(16(23)24)7-9-22(11-18)17(25)21-13-4-5-15(20)14(19)10-13/h4-5,10,12H,3,6-9,11H2,1-2H3,(H,21,25)/t18-/m1/s1. The zero-order valence-electron chi connectivity index (χ0n) is 14.5. The first-order valence-corrected chi connectivity index (χ1v) is 9.02. The van der Waals surface area contributed by atoms with E-state index in [1.54, 1.807) is 4.90 Å². The summed E-state index contributed by atoms with van der Waals surface area (Å²) in [5, 5.41) is 2.70. The Hall–Kier alpha value is -1.82. The molecule has 1 atom stereocenters. The molecular weight excluding hydrogens is 345 g/mol. The van der Waals surface area contributed by atoms with Crippen LogP contribution in [0.25, 0.3) is 0 Å². The zero-order valence-corrected chi connectivity index (χ0v) is 15.3. The maximum Gasteiger partial charge on any atom is 0.321 e. The first kappa shape index (κ1) is 18.0. The van der Waals surface area contributed by atoms with Gasteiger partial charge in [0.15, 0.2) is 0 Å². The fourth-order valence-corrected chi connectivity index (χ4v) is 3.97. The number of hydrogen-bond acceptors (Lipinski definition) is 2. The molecule has 25 heavy (non-hydrogen) atoms. The normalized spacial score (nSPS) is 23.6. The van der Waals surface area contributed by atoms with Gasteiger partial charge in [-0.05, 0) is 51.3 Å². The monoisotopic (exact) mass is 367 g/mol. The third-order valence-electron chi connectivity index (χ3n) is 5.20. The number of halogens is 2. The van der Waals surface area contributed by atoms with E-state index in [9.17, 15) is 14.0 Å². The van der Waals surface area contributed by atoms with E-state index in [-0.39, 0.29) is 23.0 Å². The molecule has 2 fully saturated rings. The number of urea groups is 1. The SMILES string of the molecule is CC(C)N1CCC[C@]2(CCN(C(=O)Nc3ccc(F)c(Cl)c3)C2)C1=O. The molecule has 136 valence electrons. The highest BCUT2D eigenvalue weighted by Crippen LogP contribution is 2.40. The molecule has 2 aliphatic heterocycles. The van der Waals surface area contributed by atoms with Crippen molar-refractivity contribution < 1.29 is 14.0 Å². The fourth-order valence-electron chi connectivity index (χ4n) is 3.79. The molecule has 5 nitrogen and oxygen atoms in total. The number of hydrogen-bond donors (Lipinski definition) is 1. The third-order valence-corrected chi connectivity index (χ3v) is 5.49. The van der Waals surface area contributed by atoms with Gasteiger partial charge in [0.05, 0.1) is 10.4 Å². The van der Waals surface area contributed by atoms with Gasteiger partial charge in [-0.25, -0.2) is 9.18 Å². The Morgan fingerprint density at radius 3 is 2.76 bits per heavy atom. The van der Waals surface area contributed by atoms with Crippen molar-refractivity contribution >= 4 is 29.2 Å². The maximum absolute atomic E-state index is 13.2. The van der Waals surface area contributed by atoms with Crippen LogP contribution in [0.15, 0.2) is 18.2 Å². The van der Waals surface area contributed by atoms with Gasteiger partial charge < -0.3 is 15.1 Å². The minimum absolute atomic E-state index is 0.0364. The highest BCUT2D eigenvalue weighted by atomic mass is 35.5. The van der Waals surface area contributed by atoms with Crippen LogP contribution >= 0.6 is 11.6 Å². The molecule has 2 saturated heterocycles. The average Bonchev–Trinajstić information content (AvgIpc) is 2.99. The van der Waals surface area contributed by atoms with E-state index in [1.165, 1.54) is 18.2 Å². The highest BCUT2D eigenvalue weighted by molar-refractivity contribution is 6.31. The van der Waals surface area contributed by atoms with Crippen molar-refractivity contribution in [2.24, 2.45) is 5.41 Å². The molecule has 1 aromatic carbocycles. The number of likely N-dealkylation sites (tertiary alicyclic amines) is 2. The van der Waals surface area contributed by atoms with Crippen molar-refractivity contribution in [3.63, 3.8) is 0 Å². The smallest absolute Gasteiger partial charge is 0.321 e. The Morgan fingerprint density at radius 1 is 1.32 bits per heavy atom. The molecule has 3 rings (SSSR count). The summed E-state index contributed by atoms with van der Waals surface area (Å²) in [4.78, 5) is 29.0. The Labute approximate surface area is 152 Å². The number of carbonyl (C=O) groups is 2. The van der Waals surface area contributed by atoms with Gasteiger partial charge in [0.2, 0.25) is 5.91 Å². The van der Waals surface area contributed by atoms with Crippen LogP contribution in [0.4, 0.5) is 14.9 Å². The van der Waals surface area contributed by atoms with Crippen molar-refractivity contribution in [1.82, 2.24) is 9.80 Å². The predicted octanol–water partition coefficient (Wildman–Crippen LogP) is 3.73. The van der Waals surface area contributed by atoms with Crippen LogP contribution in [0.3, 0.4) is 0 Å². The van der Waals surface area contributed by atoms with Crippen molar-refractivity contribution in [3.8, 4) is 0 Å². The summed E-state index contributed by atoms with van der Waals surface area (Å²) in [5.74, 6) is -0.366. The number of nitrogens with zero attached hydrogens (tertiary/aromatic N) is 2. The number of benzene rings is 1. The molecule has 7 heteroatoms. The first-order chi connectivity index (χ1) is 11.8. The van der Waals surface area contributed by atoms with E-state index in [2.05, 4.69) is 5.32 Å². The summed E-state index contributed by atoms with van der Waals surface area (Å²) in [6.07, 6.45) is 2.47. The molecule has 1 aromatic rings. The van der Waals surface area contributed by atoms with Crippen molar-refractivity contribution in [2.75, 3.05) is 25.0 Å². The topological polar surface area (TPSA) is 52.6 Å². The molecule has 1 N–H and O–H groups in total. The third kappa shape index (κ3) is 3.45. The van der Waals surface area contributed by atoms with Crippen molar-refractivity contribution in [3.05, 3.63) is 29.0 Å². The Morgan fingerprint density at radius 2 is 2.08 bits per heavy atom. The van der Waals surface area contributed by atoms with Crippen LogP contribution in [0.1, 0.15) is 33.1 Å². The molecule has 0 bridgehead atoms. The van der Waals surface area contributed by atoms with E-state index in [1.807, 2.05) is 18.7 Å². The van der Waals surface area contributed by atoms with Crippen LogP contribution < -0.4 is 5.32 Å². The molecule has 3 amide bonds. The van der Waals surface area contributed by atoms with Crippen molar-refractivity contribution in [2.45, 2.75) is 39.2 Å². The van der Waals surface area contributed by atoms with E-state index in [4.69, 9.17) is 11.6 Å². The quantitative estimate of drug-likeness (QED) is 0.865. The molecule has 2 aliphatic rings. The van der Waals surface area contributed by atoms with Gasteiger partial charge in [0.25, 0.3) is 0 Å². The summed E-state index contributed by atoms with van der Waals surface area (Å²) < 4.78 is 13.2. The second-order valence-corrected chi connectivity index (χ2v) is 7.61. The van der Waals surface area contributed by atoms with Gasteiger partial charge in [-0.1, -0.05) is 11.6 Å². The molecule has 0 aliphatic carbocycles. The minimum atomic E-state index is -0.527. The van der Waals surface area contributed by atoms with Crippen molar-refractivity contribution in [1.29, 1.82) is 0 Å².